The number of rotatable bonds is 5. The Hall–Kier alpha value is -0.220. The number of thioether (sulfide) groups is 1. The highest BCUT2D eigenvalue weighted by Gasteiger charge is 2.13. The molecule has 1 aromatic rings. The third kappa shape index (κ3) is 6.17. The molecule has 0 saturated heterocycles. The van der Waals surface area contributed by atoms with E-state index < -0.39 is 0 Å². The number of halogens is 1. The van der Waals surface area contributed by atoms with Crippen molar-refractivity contribution >= 4 is 23.4 Å². The van der Waals surface area contributed by atoms with Crippen molar-refractivity contribution in [2.45, 2.75) is 63.0 Å². The van der Waals surface area contributed by atoms with E-state index in [9.17, 15) is 5.11 Å². The molecule has 0 spiro atoms. The molecule has 19 heavy (non-hydrogen) atoms. The van der Waals surface area contributed by atoms with E-state index in [4.69, 9.17) is 11.6 Å². The molecule has 0 aliphatic rings. The Labute approximate surface area is 125 Å². The lowest BCUT2D eigenvalue weighted by Crippen LogP contribution is -2.35. The molecule has 0 radical (unpaired) electrons. The van der Waals surface area contributed by atoms with Gasteiger partial charge in [0, 0.05) is 27.3 Å². The molecule has 108 valence electrons. The second kappa shape index (κ2) is 6.98. The Morgan fingerprint density at radius 1 is 1.32 bits per heavy atom. The summed E-state index contributed by atoms with van der Waals surface area (Å²) in [6.07, 6.45) is -0.328. The molecule has 0 heterocycles. The van der Waals surface area contributed by atoms with Crippen LogP contribution in [0.1, 0.15) is 40.2 Å². The lowest BCUT2D eigenvalue weighted by atomic mass is 10.1. The van der Waals surface area contributed by atoms with Crippen molar-refractivity contribution in [2.24, 2.45) is 0 Å². The molecule has 0 saturated carbocycles. The van der Waals surface area contributed by atoms with Gasteiger partial charge in [0.15, 0.2) is 0 Å². The van der Waals surface area contributed by atoms with Crippen LogP contribution >= 0.6 is 23.4 Å². The average Bonchev–Trinajstić information content (AvgIpc) is 2.26. The number of aliphatic hydroxyl groups excluding tert-OH is 1. The SMILES string of the molecule is CC(O)C(C)Sc1ccc(CNC(C)(C)C)c(Cl)c1. The summed E-state index contributed by atoms with van der Waals surface area (Å²) in [5, 5.41) is 13.9. The Kier molecular flexibility index (Phi) is 6.18. The van der Waals surface area contributed by atoms with Crippen LogP contribution in [0.2, 0.25) is 5.02 Å². The van der Waals surface area contributed by atoms with Crippen molar-refractivity contribution in [3.63, 3.8) is 0 Å². The number of benzene rings is 1. The normalized spacial score (nSPS) is 15.3. The quantitative estimate of drug-likeness (QED) is 0.804. The molecule has 0 bridgehead atoms. The van der Waals surface area contributed by atoms with Gasteiger partial charge in [-0.1, -0.05) is 24.6 Å². The largest absolute Gasteiger partial charge is 0.392 e. The minimum absolute atomic E-state index is 0.0809. The molecule has 0 aromatic heterocycles. The zero-order valence-corrected chi connectivity index (χ0v) is 13.9. The van der Waals surface area contributed by atoms with E-state index in [-0.39, 0.29) is 16.9 Å². The number of hydrogen-bond donors (Lipinski definition) is 2. The van der Waals surface area contributed by atoms with Gasteiger partial charge in [-0.3, -0.25) is 0 Å². The molecule has 0 aliphatic heterocycles. The molecule has 0 aliphatic carbocycles. The van der Waals surface area contributed by atoms with Crippen molar-refractivity contribution in [1.82, 2.24) is 5.32 Å². The van der Waals surface area contributed by atoms with Gasteiger partial charge in [-0.25, -0.2) is 0 Å². The van der Waals surface area contributed by atoms with E-state index in [1.54, 1.807) is 18.7 Å². The maximum Gasteiger partial charge on any atom is 0.0631 e. The molecule has 2 atom stereocenters. The van der Waals surface area contributed by atoms with Crippen LogP contribution in [0.3, 0.4) is 0 Å². The summed E-state index contributed by atoms with van der Waals surface area (Å²) in [6, 6.07) is 6.10. The molecule has 0 fully saturated rings. The van der Waals surface area contributed by atoms with Gasteiger partial charge in [-0.05, 0) is 45.4 Å². The van der Waals surface area contributed by atoms with Crippen molar-refractivity contribution in [3.05, 3.63) is 28.8 Å². The maximum atomic E-state index is 9.52. The molecule has 0 amide bonds. The predicted molar refractivity (Wildman–Crippen MR) is 85.0 cm³/mol. The molecular weight excluding hydrogens is 278 g/mol. The number of aliphatic hydroxyl groups is 1. The summed E-state index contributed by atoms with van der Waals surface area (Å²) in [5.74, 6) is 0. The van der Waals surface area contributed by atoms with Crippen molar-refractivity contribution in [3.8, 4) is 0 Å². The lowest BCUT2D eigenvalue weighted by molar-refractivity contribution is 0.196. The highest BCUT2D eigenvalue weighted by Crippen LogP contribution is 2.29. The smallest absolute Gasteiger partial charge is 0.0631 e. The molecular formula is C15H24ClNOS. The van der Waals surface area contributed by atoms with E-state index in [1.807, 2.05) is 13.0 Å². The summed E-state index contributed by atoms with van der Waals surface area (Å²) in [5.41, 5.74) is 1.18. The van der Waals surface area contributed by atoms with Crippen LogP contribution in [-0.4, -0.2) is 22.0 Å². The molecule has 2 N–H and O–H groups in total. The Morgan fingerprint density at radius 2 is 1.95 bits per heavy atom. The third-order valence-corrected chi connectivity index (χ3v) is 4.48. The fourth-order valence-electron chi connectivity index (χ4n) is 1.42. The van der Waals surface area contributed by atoms with Crippen molar-refractivity contribution in [1.29, 1.82) is 0 Å². The summed E-state index contributed by atoms with van der Waals surface area (Å²) < 4.78 is 0. The first kappa shape index (κ1) is 16.8. The number of nitrogens with one attached hydrogen (secondary N) is 1. The lowest BCUT2D eigenvalue weighted by Gasteiger charge is -2.21. The van der Waals surface area contributed by atoms with Crippen molar-refractivity contribution in [2.75, 3.05) is 0 Å². The van der Waals surface area contributed by atoms with Crippen LogP contribution in [0.4, 0.5) is 0 Å². The topological polar surface area (TPSA) is 32.3 Å². The van der Waals surface area contributed by atoms with Gasteiger partial charge in [0.2, 0.25) is 0 Å². The van der Waals surface area contributed by atoms with Gasteiger partial charge < -0.3 is 10.4 Å². The fraction of sp³-hybridized carbons (Fsp3) is 0.600. The van der Waals surface area contributed by atoms with Crippen LogP contribution in [0.5, 0.6) is 0 Å². The zero-order valence-electron chi connectivity index (χ0n) is 12.3. The van der Waals surface area contributed by atoms with Crippen LogP contribution in [0.15, 0.2) is 23.1 Å². The minimum Gasteiger partial charge on any atom is -0.392 e. The van der Waals surface area contributed by atoms with Crippen LogP contribution in [0, 0.1) is 0 Å². The van der Waals surface area contributed by atoms with Gasteiger partial charge in [0.05, 0.1) is 6.10 Å². The Balaban J connectivity index is 2.69. The van der Waals surface area contributed by atoms with E-state index in [2.05, 4.69) is 38.2 Å². The highest BCUT2D eigenvalue weighted by molar-refractivity contribution is 8.00. The first-order valence-corrected chi connectivity index (χ1v) is 7.83. The zero-order chi connectivity index (χ0) is 14.6. The molecule has 1 aromatic carbocycles. The monoisotopic (exact) mass is 301 g/mol. The third-order valence-electron chi connectivity index (χ3n) is 2.84. The van der Waals surface area contributed by atoms with Gasteiger partial charge >= 0.3 is 0 Å². The van der Waals surface area contributed by atoms with Gasteiger partial charge in [-0.2, -0.15) is 0 Å². The van der Waals surface area contributed by atoms with E-state index in [1.165, 1.54) is 0 Å². The van der Waals surface area contributed by atoms with E-state index in [0.29, 0.717) is 0 Å². The average molecular weight is 302 g/mol. The van der Waals surface area contributed by atoms with Gasteiger partial charge in [0.1, 0.15) is 0 Å². The fourth-order valence-corrected chi connectivity index (χ4v) is 2.69. The van der Waals surface area contributed by atoms with E-state index >= 15 is 0 Å². The first-order chi connectivity index (χ1) is 8.69. The summed E-state index contributed by atoms with van der Waals surface area (Å²) >= 11 is 7.95. The second-order valence-corrected chi connectivity index (χ2v) is 7.78. The predicted octanol–water partition coefficient (Wildman–Crippen LogP) is 4.09. The summed E-state index contributed by atoms with van der Waals surface area (Å²) in [6.45, 7) is 11.0. The first-order valence-electron chi connectivity index (χ1n) is 6.57. The maximum absolute atomic E-state index is 9.52. The molecule has 2 nitrogen and oxygen atoms in total. The Morgan fingerprint density at radius 3 is 2.42 bits per heavy atom. The van der Waals surface area contributed by atoms with Gasteiger partial charge in [0.25, 0.3) is 0 Å². The molecule has 2 unspecified atom stereocenters. The van der Waals surface area contributed by atoms with Crippen molar-refractivity contribution < 1.29 is 5.11 Å². The summed E-state index contributed by atoms with van der Waals surface area (Å²) in [4.78, 5) is 1.10. The Bertz CT molecular complexity index is 415. The highest BCUT2D eigenvalue weighted by atomic mass is 35.5. The summed E-state index contributed by atoms with van der Waals surface area (Å²) in [7, 11) is 0. The van der Waals surface area contributed by atoms with E-state index in [0.717, 1.165) is 22.0 Å². The standard InChI is InChI=1S/C15H24ClNOS/c1-10(18)11(2)19-13-7-6-12(14(16)8-13)9-17-15(3,4)5/h6-8,10-11,17-18H,9H2,1-5H3. The van der Waals surface area contributed by atoms with Crippen LogP contribution < -0.4 is 5.32 Å². The van der Waals surface area contributed by atoms with Crippen LogP contribution in [0.25, 0.3) is 0 Å². The minimum atomic E-state index is -0.328. The molecule has 1 rings (SSSR count). The van der Waals surface area contributed by atoms with Gasteiger partial charge in [-0.15, -0.1) is 11.8 Å². The second-order valence-electron chi connectivity index (χ2n) is 5.92. The number of hydrogen-bond acceptors (Lipinski definition) is 3. The molecule has 4 heteroatoms. The van der Waals surface area contributed by atoms with Crippen LogP contribution in [-0.2, 0) is 6.54 Å².